The van der Waals surface area contributed by atoms with Crippen LogP contribution in [0.15, 0.2) is 29.1 Å². The zero-order valence-corrected chi connectivity index (χ0v) is 12.7. The van der Waals surface area contributed by atoms with Crippen molar-refractivity contribution in [1.82, 2.24) is 19.8 Å². The summed E-state index contributed by atoms with van der Waals surface area (Å²) in [7, 11) is 1.96. The number of hydrogen-bond donors (Lipinski definition) is 1. The number of nitrogens with one attached hydrogen (secondary N) is 1. The predicted molar refractivity (Wildman–Crippen MR) is 79.9 cm³/mol. The van der Waals surface area contributed by atoms with E-state index in [4.69, 9.17) is 4.42 Å². The third kappa shape index (κ3) is 2.54. The second-order valence-electron chi connectivity index (χ2n) is 6.27. The van der Waals surface area contributed by atoms with Crippen molar-refractivity contribution in [3.8, 4) is 0 Å². The molecule has 3 heterocycles. The average Bonchev–Trinajstić information content (AvgIpc) is 3.02. The summed E-state index contributed by atoms with van der Waals surface area (Å²) < 4.78 is 7.41. The number of imidazole rings is 1. The van der Waals surface area contributed by atoms with E-state index in [1.54, 1.807) is 12.6 Å². The highest BCUT2D eigenvalue weighted by Crippen LogP contribution is 2.30. The van der Waals surface area contributed by atoms with Crippen LogP contribution in [0.5, 0.6) is 0 Å². The molecular formula is C16H20N4O2. The van der Waals surface area contributed by atoms with Crippen LogP contribution in [0.3, 0.4) is 0 Å². The Bertz CT molecular complexity index is 672. The Labute approximate surface area is 129 Å². The molecule has 1 aliphatic heterocycles. The van der Waals surface area contributed by atoms with E-state index in [0.717, 1.165) is 36.5 Å². The number of fused-ring (bicyclic) bond motifs is 1. The first-order chi connectivity index (χ1) is 10.7. The molecule has 2 aromatic rings. The van der Waals surface area contributed by atoms with Gasteiger partial charge in [-0.3, -0.25) is 9.69 Å². The molecule has 116 valence electrons. The molecule has 6 nitrogen and oxygen atoms in total. The van der Waals surface area contributed by atoms with E-state index in [1.807, 2.05) is 23.7 Å². The lowest BCUT2D eigenvalue weighted by Gasteiger charge is -2.31. The molecule has 2 aliphatic rings. The number of furan rings is 1. The minimum absolute atomic E-state index is 0.122. The quantitative estimate of drug-likeness (QED) is 0.927. The monoisotopic (exact) mass is 300 g/mol. The van der Waals surface area contributed by atoms with E-state index in [-0.39, 0.29) is 11.8 Å². The predicted octanol–water partition coefficient (Wildman–Crippen LogP) is 1.39. The van der Waals surface area contributed by atoms with Gasteiger partial charge in [0.05, 0.1) is 36.4 Å². The van der Waals surface area contributed by atoms with Crippen molar-refractivity contribution in [2.24, 2.45) is 7.05 Å². The Morgan fingerprint density at radius 1 is 1.50 bits per heavy atom. The van der Waals surface area contributed by atoms with Gasteiger partial charge < -0.3 is 14.3 Å². The van der Waals surface area contributed by atoms with E-state index in [9.17, 15) is 4.79 Å². The fourth-order valence-electron chi connectivity index (χ4n) is 3.16. The topological polar surface area (TPSA) is 63.3 Å². The molecule has 22 heavy (non-hydrogen) atoms. The van der Waals surface area contributed by atoms with Crippen LogP contribution >= 0.6 is 0 Å². The second-order valence-corrected chi connectivity index (χ2v) is 6.27. The van der Waals surface area contributed by atoms with Gasteiger partial charge in [0.2, 0.25) is 5.91 Å². The van der Waals surface area contributed by atoms with Gasteiger partial charge in [0.15, 0.2) is 0 Å². The van der Waals surface area contributed by atoms with Gasteiger partial charge in [0.1, 0.15) is 5.76 Å². The maximum Gasteiger partial charge on any atom is 0.230 e. The molecule has 0 spiro atoms. The van der Waals surface area contributed by atoms with Gasteiger partial charge in [-0.15, -0.1) is 0 Å². The highest BCUT2D eigenvalue weighted by molar-refractivity contribution is 5.84. The molecule has 1 amide bonds. The molecule has 0 bridgehead atoms. The van der Waals surface area contributed by atoms with Crippen LogP contribution in [-0.4, -0.2) is 32.9 Å². The summed E-state index contributed by atoms with van der Waals surface area (Å²) in [6.07, 6.45) is 5.70. The molecule has 1 aliphatic carbocycles. The van der Waals surface area contributed by atoms with Crippen LogP contribution in [0.1, 0.15) is 35.9 Å². The Kier molecular flexibility index (Phi) is 3.26. The van der Waals surface area contributed by atoms with Crippen molar-refractivity contribution in [3.63, 3.8) is 0 Å². The number of carbonyl (C=O) groups excluding carboxylic acids is 1. The largest absolute Gasteiger partial charge is 0.468 e. The summed E-state index contributed by atoms with van der Waals surface area (Å²) >= 11 is 0. The third-order valence-corrected chi connectivity index (χ3v) is 4.41. The standard InChI is InChI=1S/C16H20N4O2/c1-19-10-17-14-9-20(7-12-3-2-6-22-12)8-13(15(14)19)16(21)18-11-4-5-11/h2-3,6,10-11,13H,4-5,7-9H2,1H3,(H,18,21)/t13-/m1/s1. The number of nitrogens with zero attached hydrogens (tertiary/aromatic N) is 3. The molecule has 0 radical (unpaired) electrons. The number of rotatable bonds is 4. The van der Waals surface area contributed by atoms with Crippen LogP contribution in [0.4, 0.5) is 0 Å². The highest BCUT2D eigenvalue weighted by atomic mass is 16.3. The summed E-state index contributed by atoms with van der Waals surface area (Å²) in [5.74, 6) is 0.879. The van der Waals surface area contributed by atoms with Crippen molar-refractivity contribution in [3.05, 3.63) is 41.9 Å². The lowest BCUT2D eigenvalue weighted by Crippen LogP contribution is -2.42. The minimum atomic E-state index is -0.160. The summed E-state index contributed by atoms with van der Waals surface area (Å²) in [4.78, 5) is 19.3. The second kappa shape index (κ2) is 5.28. The molecule has 0 aromatic carbocycles. The molecule has 4 rings (SSSR count). The van der Waals surface area contributed by atoms with Gasteiger partial charge in [-0.1, -0.05) is 0 Å². The SMILES string of the molecule is Cn1cnc2c1[C@H](C(=O)NC1CC1)CN(Cc1ccco1)C2. The fraction of sp³-hybridized carbons (Fsp3) is 0.500. The Hall–Kier alpha value is -2.08. The first kappa shape index (κ1) is 13.6. The van der Waals surface area contributed by atoms with Gasteiger partial charge in [-0.25, -0.2) is 4.98 Å². The molecule has 2 aromatic heterocycles. The summed E-state index contributed by atoms with van der Waals surface area (Å²) in [5, 5.41) is 3.13. The minimum Gasteiger partial charge on any atom is -0.468 e. The number of aromatic nitrogens is 2. The van der Waals surface area contributed by atoms with Crippen LogP contribution < -0.4 is 5.32 Å². The maximum atomic E-state index is 12.6. The van der Waals surface area contributed by atoms with Crippen molar-refractivity contribution in [2.75, 3.05) is 6.54 Å². The summed E-state index contributed by atoms with van der Waals surface area (Å²) in [5.41, 5.74) is 2.05. The number of carbonyl (C=O) groups is 1. The van der Waals surface area contributed by atoms with Crippen molar-refractivity contribution in [1.29, 1.82) is 0 Å². The molecule has 1 saturated carbocycles. The fourth-order valence-corrected chi connectivity index (χ4v) is 3.16. The van der Waals surface area contributed by atoms with E-state index in [1.165, 1.54) is 0 Å². The van der Waals surface area contributed by atoms with Crippen molar-refractivity contribution < 1.29 is 9.21 Å². The van der Waals surface area contributed by atoms with E-state index in [0.29, 0.717) is 19.1 Å². The lowest BCUT2D eigenvalue weighted by molar-refractivity contribution is -0.123. The molecule has 1 N–H and O–H groups in total. The molecule has 0 saturated heterocycles. The van der Waals surface area contributed by atoms with E-state index < -0.39 is 0 Å². The maximum absolute atomic E-state index is 12.6. The normalized spacial score (nSPS) is 21.6. The first-order valence-electron chi connectivity index (χ1n) is 7.76. The van der Waals surface area contributed by atoms with Crippen LogP contribution in [0.25, 0.3) is 0 Å². The summed E-state index contributed by atoms with van der Waals surface area (Å²) in [6, 6.07) is 4.24. The highest BCUT2D eigenvalue weighted by Gasteiger charge is 2.36. The molecule has 1 atom stereocenters. The lowest BCUT2D eigenvalue weighted by atomic mass is 9.97. The van der Waals surface area contributed by atoms with Crippen LogP contribution in [-0.2, 0) is 24.9 Å². The summed E-state index contributed by atoms with van der Waals surface area (Å²) in [6.45, 7) is 2.16. The van der Waals surface area contributed by atoms with Gasteiger partial charge >= 0.3 is 0 Å². The molecule has 0 unspecified atom stereocenters. The third-order valence-electron chi connectivity index (χ3n) is 4.41. The zero-order chi connectivity index (χ0) is 15.1. The number of amides is 1. The molecule has 1 fully saturated rings. The van der Waals surface area contributed by atoms with E-state index >= 15 is 0 Å². The van der Waals surface area contributed by atoms with E-state index in [2.05, 4.69) is 15.2 Å². The molecular weight excluding hydrogens is 280 g/mol. The van der Waals surface area contributed by atoms with Crippen LogP contribution in [0, 0.1) is 0 Å². The van der Waals surface area contributed by atoms with Gasteiger partial charge in [-0.05, 0) is 25.0 Å². The van der Waals surface area contributed by atoms with Gasteiger partial charge in [-0.2, -0.15) is 0 Å². The zero-order valence-electron chi connectivity index (χ0n) is 12.7. The number of hydrogen-bond acceptors (Lipinski definition) is 4. The Morgan fingerprint density at radius 3 is 3.09 bits per heavy atom. The van der Waals surface area contributed by atoms with Crippen molar-refractivity contribution >= 4 is 5.91 Å². The van der Waals surface area contributed by atoms with Crippen molar-refractivity contribution in [2.45, 2.75) is 37.9 Å². The van der Waals surface area contributed by atoms with Crippen LogP contribution in [0.2, 0.25) is 0 Å². The Balaban J connectivity index is 1.57. The van der Waals surface area contributed by atoms with Gasteiger partial charge in [0.25, 0.3) is 0 Å². The Morgan fingerprint density at radius 2 is 2.36 bits per heavy atom. The molecule has 6 heteroatoms. The first-order valence-corrected chi connectivity index (χ1v) is 7.76. The number of aryl methyl sites for hydroxylation is 1. The van der Waals surface area contributed by atoms with Gasteiger partial charge in [0, 0.05) is 26.2 Å². The average molecular weight is 300 g/mol. The smallest absolute Gasteiger partial charge is 0.230 e.